The van der Waals surface area contributed by atoms with Crippen molar-refractivity contribution in [3.63, 3.8) is 0 Å². The highest BCUT2D eigenvalue weighted by molar-refractivity contribution is 7.92. The van der Waals surface area contributed by atoms with Crippen LogP contribution < -0.4 is 5.73 Å². The molecule has 0 saturated heterocycles. The molecule has 1 rings (SSSR count). The Morgan fingerprint density at radius 2 is 1.93 bits per heavy atom. The van der Waals surface area contributed by atoms with Gasteiger partial charge >= 0.3 is 0 Å². The van der Waals surface area contributed by atoms with Crippen LogP contribution in [0.25, 0.3) is 0 Å². The van der Waals surface area contributed by atoms with Crippen LogP contribution in [0.1, 0.15) is 13.8 Å². The van der Waals surface area contributed by atoms with Gasteiger partial charge in [-0.15, -0.1) is 0 Å². The van der Waals surface area contributed by atoms with Crippen LogP contribution in [0.2, 0.25) is 0 Å². The van der Waals surface area contributed by atoms with Crippen LogP contribution in [0.5, 0.6) is 0 Å². The molecule has 0 bridgehead atoms. The first-order chi connectivity index (χ1) is 6.35. The van der Waals surface area contributed by atoms with E-state index < -0.39 is 20.9 Å². The number of anilines is 1. The van der Waals surface area contributed by atoms with Gasteiger partial charge in [-0.1, -0.05) is 0 Å². The molecule has 0 atom stereocenters. The summed E-state index contributed by atoms with van der Waals surface area (Å²) in [7, 11) is -3.59. The van der Waals surface area contributed by atoms with Gasteiger partial charge in [-0.2, -0.15) is 0 Å². The fourth-order valence-electron chi connectivity index (χ4n) is 0.992. The molecule has 0 saturated carbocycles. The summed E-state index contributed by atoms with van der Waals surface area (Å²) in [6, 6.07) is 3.53. The largest absolute Gasteiger partial charge is 0.399 e. The van der Waals surface area contributed by atoms with E-state index in [0.29, 0.717) is 0 Å². The van der Waals surface area contributed by atoms with Gasteiger partial charge in [-0.3, -0.25) is 0 Å². The molecule has 0 fully saturated rings. The zero-order valence-electron chi connectivity index (χ0n) is 7.99. The second kappa shape index (κ2) is 3.57. The Kier molecular flexibility index (Phi) is 2.80. The molecule has 1 aromatic rings. The van der Waals surface area contributed by atoms with Gasteiger partial charge in [0.05, 0.1) is 5.25 Å². The van der Waals surface area contributed by atoms with E-state index in [9.17, 15) is 12.8 Å². The quantitative estimate of drug-likeness (QED) is 0.765. The lowest BCUT2D eigenvalue weighted by Crippen LogP contribution is -2.15. The van der Waals surface area contributed by atoms with Crippen molar-refractivity contribution in [3.05, 3.63) is 24.0 Å². The summed E-state index contributed by atoms with van der Waals surface area (Å²) in [6.07, 6.45) is 0. The molecule has 0 heterocycles. The van der Waals surface area contributed by atoms with E-state index in [0.717, 1.165) is 12.1 Å². The Hall–Kier alpha value is -1.10. The van der Waals surface area contributed by atoms with Gasteiger partial charge in [0.25, 0.3) is 0 Å². The molecular formula is C9H12FNO2S. The SMILES string of the molecule is CC(C)S(=O)(=O)c1cc(N)ccc1F. The summed E-state index contributed by atoms with van der Waals surface area (Å²) >= 11 is 0. The average molecular weight is 217 g/mol. The molecule has 0 radical (unpaired) electrons. The maximum absolute atomic E-state index is 13.2. The summed E-state index contributed by atoms with van der Waals surface area (Å²) in [5, 5.41) is -0.654. The number of nitrogens with two attached hydrogens (primary N) is 1. The van der Waals surface area contributed by atoms with E-state index in [2.05, 4.69) is 0 Å². The molecule has 0 unspecified atom stereocenters. The summed E-state index contributed by atoms with van der Waals surface area (Å²) < 4.78 is 36.4. The molecule has 0 aliphatic rings. The van der Waals surface area contributed by atoms with Gasteiger partial charge in [0, 0.05) is 5.69 Å². The number of nitrogen functional groups attached to an aromatic ring is 1. The third-order valence-corrected chi connectivity index (χ3v) is 4.05. The minimum Gasteiger partial charge on any atom is -0.399 e. The number of hydrogen-bond donors (Lipinski definition) is 1. The van der Waals surface area contributed by atoms with Crippen LogP contribution in [-0.2, 0) is 9.84 Å². The van der Waals surface area contributed by atoms with Crippen LogP contribution in [-0.4, -0.2) is 13.7 Å². The average Bonchev–Trinajstić information content (AvgIpc) is 2.08. The van der Waals surface area contributed by atoms with Gasteiger partial charge < -0.3 is 5.73 Å². The van der Waals surface area contributed by atoms with E-state index in [4.69, 9.17) is 5.73 Å². The molecule has 14 heavy (non-hydrogen) atoms. The van der Waals surface area contributed by atoms with Crippen molar-refractivity contribution in [3.8, 4) is 0 Å². The molecule has 0 amide bonds. The topological polar surface area (TPSA) is 60.2 Å². The number of benzene rings is 1. The van der Waals surface area contributed by atoms with Crippen LogP contribution in [0.4, 0.5) is 10.1 Å². The van der Waals surface area contributed by atoms with Gasteiger partial charge in [-0.25, -0.2) is 12.8 Å². The fourth-order valence-corrected chi connectivity index (χ4v) is 2.14. The van der Waals surface area contributed by atoms with Crippen LogP contribution >= 0.6 is 0 Å². The Morgan fingerprint density at radius 1 is 1.36 bits per heavy atom. The Morgan fingerprint density at radius 3 is 2.43 bits per heavy atom. The van der Waals surface area contributed by atoms with Gasteiger partial charge in [0.15, 0.2) is 9.84 Å². The predicted molar refractivity (Wildman–Crippen MR) is 53.1 cm³/mol. The highest BCUT2D eigenvalue weighted by atomic mass is 32.2. The molecule has 0 aliphatic heterocycles. The van der Waals surface area contributed by atoms with Crippen molar-refractivity contribution in [1.29, 1.82) is 0 Å². The van der Waals surface area contributed by atoms with Gasteiger partial charge in [0.1, 0.15) is 10.7 Å². The highest BCUT2D eigenvalue weighted by Crippen LogP contribution is 2.21. The predicted octanol–water partition coefficient (Wildman–Crippen LogP) is 1.59. The van der Waals surface area contributed by atoms with Crippen molar-refractivity contribution < 1.29 is 12.8 Å². The monoisotopic (exact) mass is 217 g/mol. The molecule has 0 aliphatic carbocycles. The van der Waals surface area contributed by atoms with E-state index >= 15 is 0 Å². The van der Waals surface area contributed by atoms with Crippen LogP contribution in [0, 0.1) is 5.82 Å². The van der Waals surface area contributed by atoms with E-state index in [1.54, 1.807) is 0 Å². The minimum absolute atomic E-state index is 0.241. The van der Waals surface area contributed by atoms with Crippen molar-refractivity contribution in [2.24, 2.45) is 0 Å². The normalized spacial score (nSPS) is 12.0. The minimum atomic E-state index is -3.59. The second-order valence-electron chi connectivity index (χ2n) is 3.28. The van der Waals surface area contributed by atoms with E-state index in [-0.39, 0.29) is 10.6 Å². The second-order valence-corrected chi connectivity index (χ2v) is 5.76. The number of halogens is 1. The summed E-state index contributed by atoms with van der Waals surface area (Å²) in [5.74, 6) is -0.757. The summed E-state index contributed by atoms with van der Waals surface area (Å²) in [6.45, 7) is 3.00. The Labute approximate surface area is 82.7 Å². The zero-order valence-corrected chi connectivity index (χ0v) is 8.81. The Bertz CT molecular complexity index is 440. The number of hydrogen-bond acceptors (Lipinski definition) is 3. The first-order valence-electron chi connectivity index (χ1n) is 4.14. The maximum atomic E-state index is 13.2. The van der Waals surface area contributed by atoms with E-state index in [1.165, 1.54) is 19.9 Å². The van der Waals surface area contributed by atoms with Crippen molar-refractivity contribution in [1.82, 2.24) is 0 Å². The van der Waals surface area contributed by atoms with Crippen molar-refractivity contribution in [2.75, 3.05) is 5.73 Å². The smallest absolute Gasteiger partial charge is 0.183 e. The lowest BCUT2D eigenvalue weighted by molar-refractivity contribution is 0.561. The molecule has 5 heteroatoms. The van der Waals surface area contributed by atoms with Gasteiger partial charge in [-0.05, 0) is 32.0 Å². The molecule has 2 N–H and O–H groups in total. The van der Waals surface area contributed by atoms with Crippen molar-refractivity contribution in [2.45, 2.75) is 24.0 Å². The third kappa shape index (κ3) is 1.87. The van der Waals surface area contributed by atoms with Gasteiger partial charge in [0.2, 0.25) is 0 Å². The highest BCUT2D eigenvalue weighted by Gasteiger charge is 2.23. The molecule has 78 valence electrons. The van der Waals surface area contributed by atoms with Crippen molar-refractivity contribution >= 4 is 15.5 Å². The van der Waals surface area contributed by atoms with E-state index in [1.807, 2.05) is 0 Å². The number of rotatable bonds is 2. The van der Waals surface area contributed by atoms with Crippen LogP contribution in [0.3, 0.4) is 0 Å². The summed E-state index contributed by atoms with van der Waals surface area (Å²) in [4.78, 5) is -0.326. The molecule has 3 nitrogen and oxygen atoms in total. The zero-order chi connectivity index (χ0) is 10.9. The standard InChI is InChI=1S/C9H12FNO2S/c1-6(2)14(12,13)9-5-7(11)3-4-8(9)10/h3-6H,11H2,1-2H3. The maximum Gasteiger partial charge on any atom is 0.183 e. The molecule has 0 spiro atoms. The lowest BCUT2D eigenvalue weighted by atomic mass is 10.3. The summed E-state index contributed by atoms with van der Waals surface area (Å²) in [5.41, 5.74) is 5.63. The fraction of sp³-hybridized carbons (Fsp3) is 0.333. The lowest BCUT2D eigenvalue weighted by Gasteiger charge is -2.08. The third-order valence-electron chi connectivity index (χ3n) is 1.88. The van der Waals surface area contributed by atoms with Crippen LogP contribution in [0.15, 0.2) is 23.1 Å². The number of sulfone groups is 1. The first kappa shape index (κ1) is 11.0. The first-order valence-corrected chi connectivity index (χ1v) is 5.69. The Balaban J connectivity index is 3.40. The molecular weight excluding hydrogens is 205 g/mol. The molecule has 0 aromatic heterocycles. The molecule has 1 aromatic carbocycles.